The third-order valence-corrected chi connectivity index (χ3v) is 4.83. The monoisotopic (exact) mass is 350 g/mol. The van der Waals surface area contributed by atoms with E-state index in [2.05, 4.69) is 5.32 Å². The Morgan fingerprint density at radius 1 is 0.885 bits per heavy atom. The predicted molar refractivity (Wildman–Crippen MR) is 105 cm³/mol. The number of carbonyl (C=O) groups excluding carboxylic acids is 2. The van der Waals surface area contributed by atoms with Crippen LogP contribution < -0.4 is 5.32 Å². The van der Waals surface area contributed by atoms with Crippen LogP contribution in [0.15, 0.2) is 48.5 Å². The lowest BCUT2D eigenvalue weighted by atomic mass is 10.1. The molecule has 0 radical (unpaired) electrons. The first-order chi connectivity index (χ1) is 12.6. The summed E-state index contributed by atoms with van der Waals surface area (Å²) in [7, 11) is 0. The smallest absolute Gasteiger partial charge is 0.255 e. The fourth-order valence-corrected chi connectivity index (χ4v) is 3.38. The van der Waals surface area contributed by atoms with E-state index in [4.69, 9.17) is 0 Å². The van der Waals surface area contributed by atoms with Crippen LogP contribution in [-0.2, 0) is 0 Å². The van der Waals surface area contributed by atoms with Crippen LogP contribution in [0.3, 0.4) is 0 Å². The highest BCUT2D eigenvalue weighted by Crippen LogP contribution is 2.20. The molecule has 0 spiro atoms. The summed E-state index contributed by atoms with van der Waals surface area (Å²) in [6.07, 6.45) is 5.70. The van der Waals surface area contributed by atoms with E-state index < -0.39 is 0 Å². The van der Waals surface area contributed by atoms with Crippen LogP contribution in [0.25, 0.3) is 0 Å². The fraction of sp³-hybridized carbons (Fsp3) is 0.364. The van der Waals surface area contributed by atoms with Crippen LogP contribution in [0.5, 0.6) is 0 Å². The van der Waals surface area contributed by atoms with Crippen molar-refractivity contribution in [3.8, 4) is 0 Å². The average molecular weight is 350 g/mol. The highest BCUT2D eigenvalue weighted by Gasteiger charge is 2.20. The molecule has 4 nitrogen and oxygen atoms in total. The second-order valence-electron chi connectivity index (χ2n) is 6.93. The average Bonchev–Trinajstić information content (AvgIpc) is 2.61. The Hall–Kier alpha value is -2.62. The Morgan fingerprint density at radius 2 is 1.58 bits per heavy atom. The highest BCUT2D eigenvalue weighted by atomic mass is 16.2. The minimum atomic E-state index is -0.193. The van der Waals surface area contributed by atoms with Crippen molar-refractivity contribution >= 4 is 17.5 Å². The minimum absolute atomic E-state index is 0.00652. The van der Waals surface area contributed by atoms with Crippen LogP contribution in [0, 0.1) is 6.92 Å². The van der Waals surface area contributed by atoms with Gasteiger partial charge in [-0.15, -0.1) is 0 Å². The van der Waals surface area contributed by atoms with Gasteiger partial charge in [-0.3, -0.25) is 9.59 Å². The molecule has 0 aliphatic carbocycles. The lowest BCUT2D eigenvalue weighted by Gasteiger charge is -2.25. The molecule has 0 unspecified atom stereocenters. The van der Waals surface area contributed by atoms with Crippen molar-refractivity contribution in [1.82, 2.24) is 4.90 Å². The summed E-state index contributed by atoms with van der Waals surface area (Å²) >= 11 is 0. The van der Waals surface area contributed by atoms with Gasteiger partial charge in [0.1, 0.15) is 0 Å². The zero-order chi connectivity index (χ0) is 18.4. The van der Waals surface area contributed by atoms with Crippen molar-refractivity contribution in [3.63, 3.8) is 0 Å². The number of amides is 2. The lowest BCUT2D eigenvalue weighted by Crippen LogP contribution is -2.34. The Labute approximate surface area is 155 Å². The van der Waals surface area contributed by atoms with Gasteiger partial charge < -0.3 is 10.2 Å². The first-order valence-corrected chi connectivity index (χ1v) is 9.41. The highest BCUT2D eigenvalue weighted by molar-refractivity contribution is 6.09. The van der Waals surface area contributed by atoms with E-state index in [0.717, 1.165) is 31.5 Å². The molecule has 2 aromatic rings. The van der Waals surface area contributed by atoms with E-state index in [-0.39, 0.29) is 11.8 Å². The van der Waals surface area contributed by atoms with Crippen LogP contribution in [-0.4, -0.2) is 29.8 Å². The summed E-state index contributed by atoms with van der Waals surface area (Å²) < 4.78 is 0. The number of rotatable bonds is 3. The number of anilines is 1. The summed E-state index contributed by atoms with van der Waals surface area (Å²) in [6, 6.07) is 14.7. The third kappa shape index (κ3) is 4.51. The Balaban J connectivity index is 1.79. The van der Waals surface area contributed by atoms with Gasteiger partial charge in [0.2, 0.25) is 0 Å². The molecule has 3 rings (SSSR count). The van der Waals surface area contributed by atoms with Crippen molar-refractivity contribution in [1.29, 1.82) is 0 Å². The molecular formula is C22H26N2O2. The molecule has 1 fully saturated rings. The number of aryl methyl sites for hydroxylation is 1. The quantitative estimate of drug-likeness (QED) is 0.876. The Morgan fingerprint density at radius 3 is 2.31 bits per heavy atom. The molecule has 0 bridgehead atoms. The van der Waals surface area contributed by atoms with Crippen molar-refractivity contribution in [3.05, 3.63) is 65.2 Å². The molecule has 1 saturated heterocycles. The molecule has 1 heterocycles. The van der Waals surface area contributed by atoms with Gasteiger partial charge in [-0.05, 0) is 44.0 Å². The number of para-hydroxylation sites is 1. The van der Waals surface area contributed by atoms with E-state index in [0.29, 0.717) is 16.8 Å². The summed E-state index contributed by atoms with van der Waals surface area (Å²) in [5.74, 6) is -0.186. The molecule has 0 atom stereocenters. The van der Waals surface area contributed by atoms with E-state index in [1.54, 1.807) is 18.2 Å². The Bertz CT molecular complexity index is 777. The molecular weight excluding hydrogens is 324 g/mol. The molecule has 0 saturated carbocycles. The van der Waals surface area contributed by atoms with Crippen molar-refractivity contribution < 1.29 is 9.59 Å². The van der Waals surface area contributed by atoms with Crippen LogP contribution in [0.2, 0.25) is 0 Å². The number of nitrogens with zero attached hydrogens (tertiary/aromatic N) is 1. The lowest BCUT2D eigenvalue weighted by molar-refractivity contribution is 0.0743. The molecule has 26 heavy (non-hydrogen) atoms. The maximum Gasteiger partial charge on any atom is 0.255 e. The van der Waals surface area contributed by atoms with Crippen LogP contribution in [0.1, 0.15) is 58.4 Å². The predicted octanol–water partition coefficient (Wildman–Crippen LogP) is 4.65. The zero-order valence-electron chi connectivity index (χ0n) is 15.3. The molecule has 2 aromatic carbocycles. The van der Waals surface area contributed by atoms with Gasteiger partial charge in [0.05, 0.1) is 11.3 Å². The molecule has 1 aliphatic heterocycles. The summed E-state index contributed by atoms with van der Waals surface area (Å²) in [5.41, 5.74) is 2.77. The van der Waals surface area contributed by atoms with Crippen molar-refractivity contribution in [2.24, 2.45) is 0 Å². The second-order valence-corrected chi connectivity index (χ2v) is 6.93. The molecule has 4 heteroatoms. The van der Waals surface area contributed by atoms with Gasteiger partial charge in [-0.1, -0.05) is 49.1 Å². The number of benzene rings is 2. The summed E-state index contributed by atoms with van der Waals surface area (Å²) in [5, 5.41) is 2.92. The Kier molecular flexibility index (Phi) is 6.05. The van der Waals surface area contributed by atoms with E-state index >= 15 is 0 Å². The summed E-state index contributed by atoms with van der Waals surface area (Å²) in [6.45, 7) is 3.54. The van der Waals surface area contributed by atoms with Crippen molar-refractivity contribution in [2.45, 2.75) is 39.0 Å². The topological polar surface area (TPSA) is 49.4 Å². The van der Waals surface area contributed by atoms with Crippen LogP contribution >= 0.6 is 0 Å². The second kappa shape index (κ2) is 8.65. The van der Waals surface area contributed by atoms with Gasteiger partial charge in [-0.2, -0.15) is 0 Å². The first kappa shape index (κ1) is 18.2. The van der Waals surface area contributed by atoms with Gasteiger partial charge in [0.25, 0.3) is 11.8 Å². The normalized spacial score (nSPS) is 15.0. The van der Waals surface area contributed by atoms with Gasteiger partial charge in [-0.25, -0.2) is 0 Å². The molecule has 2 amide bonds. The number of likely N-dealkylation sites (tertiary alicyclic amines) is 1. The van der Waals surface area contributed by atoms with Crippen LogP contribution in [0.4, 0.5) is 5.69 Å². The first-order valence-electron chi connectivity index (χ1n) is 9.41. The van der Waals surface area contributed by atoms with Crippen molar-refractivity contribution in [2.75, 3.05) is 18.4 Å². The largest absolute Gasteiger partial charge is 0.339 e. The number of hydrogen-bond donors (Lipinski definition) is 1. The molecule has 1 aliphatic rings. The maximum atomic E-state index is 13.0. The maximum absolute atomic E-state index is 13.0. The molecule has 1 N–H and O–H groups in total. The molecule has 136 valence electrons. The van der Waals surface area contributed by atoms with Gasteiger partial charge in [0, 0.05) is 18.7 Å². The minimum Gasteiger partial charge on any atom is -0.339 e. The van der Waals surface area contributed by atoms with Gasteiger partial charge >= 0.3 is 0 Å². The van der Waals surface area contributed by atoms with E-state index in [9.17, 15) is 9.59 Å². The standard InChI is InChI=1S/C22H26N2O2/c1-17-10-9-11-18(16-17)21(25)23-20-13-6-5-12-19(20)22(26)24-14-7-3-2-4-8-15-24/h5-6,9-13,16H,2-4,7-8,14-15H2,1H3,(H,23,25). The number of nitrogens with one attached hydrogen (secondary N) is 1. The number of carbonyl (C=O) groups is 2. The molecule has 0 aromatic heterocycles. The SMILES string of the molecule is Cc1cccc(C(=O)Nc2ccccc2C(=O)N2CCCCCCC2)c1. The number of hydrogen-bond acceptors (Lipinski definition) is 2. The fourth-order valence-electron chi connectivity index (χ4n) is 3.38. The zero-order valence-corrected chi connectivity index (χ0v) is 15.3. The van der Waals surface area contributed by atoms with Gasteiger partial charge in [0.15, 0.2) is 0 Å². The van der Waals surface area contributed by atoms with E-state index in [1.165, 1.54) is 19.3 Å². The third-order valence-electron chi connectivity index (χ3n) is 4.83. The summed E-state index contributed by atoms with van der Waals surface area (Å²) in [4.78, 5) is 27.5. The van der Waals surface area contributed by atoms with E-state index in [1.807, 2.05) is 42.2 Å².